The third-order valence-corrected chi connectivity index (χ3v) is 5.84. The number of fused-ring (bicyclic) bond motifs is 1. The van der Waals surface area contributed by atoms with Crippen LogP contribution in [-0.4, -0.2) is 13.0 Å². The largest absolute Gasteiger partial charge is 0.493 e. The minimum absolute atomic E-state index is 0.00477. The standard InChI is InChI=1S/C28H20BrFN2O3/c1-34-26-15-19(13-22(16-31)28(33)32-25-9-5-4-8-24(25)30)14-23(29)27(26)35-17-18-10-11-20-6-2-3-7-21(20)12-18/h2-15H,17H2,1H3,(H,32,33)/b22-13-. The van der Waals surface area contributed by atoms with Gasteiger partial charge in [-0.3, -0.25) is 4.79 Å². The molecule has 0 atom stereocenters. The first kappa shape index (κ1) is 24.0. The Labute approximate surface area is 210 Å². The number of halogens is 2. The SMILES string of the molecule is COc1cc(/C=C(/C#N)C(=O)Nc2ccccc2F)cc(Br)c1OCc1ccc2ccccc2c1. The molecule has 0 bridgehead atoms. The molecule has 0 heterocycles. The third-order valence-electron chi connectivity index (χ3n) is 5.25. The van der Waals surface area contributed by atoms with Crippen LogP contribution in [0.1, 0.15) is 11.1 Å². The third kappa shape index (κ3) is 5.68. The Morgan fingerprint density at radius 1 is 1.06 bits per heavy atom. The maximum atomic E-state index is 13.9. The fourth-order valence-electron chi connectivity index (χ4n) is 3.51. The van der Waals surface area contributed by atoms with E-state index >= 15 is 0 Å². The lowest BCUT2D eigenvalue weighted by atomic mass is 10.1. The van der Waals surface area contributed by atoms with E-state index in [2.05, 4.69) is 33.4 Å². The predicted molar refractivity (Wildman–Crippen MR) is 138 cm³/mol. The van der Waals surface area contributed by atoms with Crippen LogP contribution in [0.5, 0.6) is 11.5 Å². The second-order valence-electron chi connectivity index (χ2n) is 7.61. The predicted octanol–water partition coefficient (Wildman–Crippen LogP) is 6.87. The average Bonchev–Trinajstić information content (AvgIpc) is 2.87. The highest BCUT2D eigenvalue weighted by molar-refractivity contribution is 9.10. The topological polar surface area (TPSA) is 71.3 Å². The molecular formula is C28H20BrFN2O3. The molecule has 5 nitrogen and oxygen atoms in total. The zero-order valence-corrected chi connectivity index (χ0v) is 20.3. The van der Waals surface area contributed by atoms with Gasteiger partial charge in [0.25, 0.3) is 5.91 Å². The lowest BCUT2D eigenvalue weighted by Gasteiger charge is -2.14. The van der Waals surface area contributed by atoms with E-state index in [0.717, 1.165) is 16.3 Å². The van der Waals surface area contributed by atoms with E-state index in [9.17, 15) is 14.4 Å². The number of nitriles is 1. The summed E-state index contributed by atoms with van der Waals surface area (Å²) in [4.78, 5) is 12.5. The fourth-order valence-corrected chi connectivity index (χ4v) is 4.09. The number of carbonyl (C=O) groups excluding carboxylic acids is 1. The fraction of sp³-hybridized carbons (Fsp3) is 0.0714. The van der Waals surface area contributed by atoms with Crippen molar-refractivity contribution >= 4 is 44.4 Å². The Morgan fingerprint density at radius 2 is 1.80 bits per heavy atom. The number of hydrogen-bond acceptors (Lipinski definition) is 4. The number of ether oxygens (including phenoxy) is 2. The second-order valence-corrected chi connectivity index (χ2v) is 8.46. The highest BCUT2D eigenvalue weighted by Gasteiger charge is 2.15. The first-order chi connectivity index (χ1) is 17.0. The van der Waals surface area contributed by atoms with E-state index in [1.165, 1.54) is 31.4 Å². The second kappa shape index (κ2) is 10.9. The van der Waals surface area contributed by atoms with Crippen LogP contribution in [0.4, 0.5) is 10.1 Å². The Balaban J connectivity index is 1.55. The molecular weight excluding hydrogens is 511 g/mol. The van der Waals surface area contributed by atoms with Crippen molar-refractivity contribution in [3.63, 3.8) is 0 Å². The zero-order chi connectivity index (χ0) is 24.8. The van der Waals surface area contributed by atoms with Crippen LogP contribution in [0.2, 0.25) is 0 Å². The van der Waals surface area contributed by atoms with E-state index < -0.39 is 11.7 Å². The molecule has 4 aromatic rings. The van der Waals surface area contributed by atoms with Gasteiger partial charge in [0.2, 0.25) is 0 Å². The van der Waals surface area contributed by atoms with Crippen LogP contribution in [0.3, 0.4) is 0 Å². The number of para-hydroxylation sites is 1. The van der Waals surface area contributed by atoms with Crippen molar-refractivity contribution in [3.05, 3.63) is 106 Å². The van der Waals surface area contributed by atoms with E-state index in [1.54, 1.807) is 18.2 Å². The molecule has 7 heteroatoms. The van der Waals surface area contributed by atoms with Crippen LogP contribution in [0, 0.1) is 17.1 Å². The summed E-state index contributed by atoms with van der Waals surface area (Å²) >= 11 is 3.50. The molecule has 0 fully saturated rings. The number of nitrogens with one attached hydrogen (secondary N) is 1. The smallest absolute Gasteiger partial charge is 0.266 e. The molecule has 0 aliphatic heterocycles. The number of benzene rings is 4. The Morgan fingerprint density at radius 3 is 2.54 bits per heavy atom. The number of amides is 1. The van der Waals surface area contributed by atoms with Gasteiger partial charge >= 0.3 is 0 Å². The molecule has 1 N–H and O–H groups in total. The lowest BCUT2D eigenvalue weighted by Crippen LogP contribution is -2.14. The molecule has 0 aliphatic carbocycles. The number of methoxy groups -OCH3 is 1. The van der Waals surface area contributed by atoms with Gasteiger partial charge in [-0.2, -0.15) is 5.26 Å². The number of carbonyl (C=O) groups is 1. The molecule has 0 spiro atoms. The van der Waals surface area contributed by atoms with E-state index in [0.29, 0.717) is 28.1 Å². The van der Waals surface area contributed by atoms with Crippen molar-refractivity contribution in [2.75, 3.05) is 12.4 Å². The Bertz CT molecular complexity index is 1480. The van der Waals surface area contributed by atoms with Gasteiger partial charge in [-0.05, 0) is 74.2 Å². The highest BCUT2D eigenvalue weighted by atomic mass is 79.9. The minimum Gasteiger partial charge on any atom is -0.493 e. The van der Waals surface area contributed by atoms with Crippen LogP contribution in [0.25, 0.3) is 16.8 Å². The van der Waals surface area contributed by atoms with Gasteiger partial charge < -0.3 is 14.8 Å². The molecule has 35 heavy (non-hydrogen) atoms. The van der Waals surface area contributed by atoms with Crippen molar-refractivity contribution in [3.8, 4) is 17.6 Å². The summed E-state index contributed by atoms with van der Waals surface area (Å²) in [5.74, 6) is -0.384. The quantitative estimate of drug-likeness (QED) is 0.209. The monoisotopic (exact) mass is 530 g/mol. The summed E-state index contributed by atoms with van der Waals surface area (Å²) in [7, 11) is 1.51. The molecule has 0 unspecified atom stereocenters. The molecule has 174 valence electrons. The van der Waals surface area contributed by atoms with Gasteiger partial charge in [0, 0.05) is 0 Å². The minimum atomic E-state index is -0.718. The van der Waals surface area contributed by atoms with Gasteiger partial charge in [0.05, 0.1) is 17.3 Å². The summed E-state index contributed by atoms with van der Waals surface area (Å²) in [6.45, 7) is 0.323. The number of rotatable bonds is 7. The molecule has 0 aromatic heterocycles. The number of hydrogen-bond donors (Lipinski definition) is 1. The van der Waals surface area contributed by atoms with Crippen LogP contribution >= 0.6 is 15.9 Å². The molecule has 0 saturated carbocycles. The molecule has 0 saturated heterocycles. The maximum Gasteiger partial charge on any atom is 0.266 e. The molecule has 1 amide bonds. The first-order valence-corrected chi connectivity index (χ1v) is 11.4. The van der Waals surface area contributed by atoms with Crippen molar-refractivity contribution in [1.82, 2.24) is 0 Å². The van der Waals surface area contributed by atoms with E-state index in [1.807, 2.05) is 36.4 Å². The van der Waals surface area contributed by atoms with Crippen LogP contribution < -0.4 is 14.8 Å². The highest BCUT2D eigenvalue weighted by Crippen LogP contribution is 2.38. The van der Waals surface area contributed by atoms with Crippen molar-refractivity contribution in [2.45, 2.75) is 6.61 Å². The molecule has 0 aliphatic rings. The zero-order valence-electron chi connectivity index (χ0n) is 18.7. The summed E-state index contributed by atoms with van der Waals surface area (Å²) < 4.78 is 26.0. The van der Waals surface area contributed by atoms with Crippen LogP contribution in [0.15, 0.2) is 88.9 Å². The summed E-state index contributed by atoms with van der Waals surface area (Å²) in [6.07, 6.45) is 1.40. The summed E-state index contributed by atoms with van der Waals surface area (Å²) in [5, 5.41) is 14.2. The number of anilines is 1. The van der Waals surface area contributed by atoms with Gasteiger partial charge in [0.15, 0.2) is 11.5 Å². The van der Waals surface area contributed by atoms with Gasteiger partial charge in [-0.1, -0.05) is 48.5 Å². The van der Waals surface area contributed by atoms with Gasteiger partial charge in [-0.15, -0.1) is 0 Å². The summed E-state index contributed by atoms with van der Waals surface area (Å²) in [6, 6.07) is 25.2. The lowest BCUT2D eigenvalue weighted by molar-refractivity contribution is -0.112. The van der Waals surface area contributed by atoms with Crippen molar-refractivity contribution in [2.24, 2.45) is 0 Å². The maximum absolute atomic E-state index is 13.9. The summed E-state index contributed by atoms with van der Waals surface area (Å²) in [5.41, 5.74) is 1.34. The first-order valence-electron chi connectivity index (χ1n) is 10.6. The van der Waals surface area contributed by atoms with Crippen LogP contribution in [-0.2, 0) is 11.4 Å². The Kier molecular flexibility index (Phi) is 7.44. The normalized spacial score (nSPS) is 11.1. The van der Waals surface area contributed by atoms with E-state index in [-0.39, 0.29) is 11.3 Å². The van der Waals surface area contributed by atoms with E-state index in [4.69, 9.17) is 9.47 Å². The Hall–Kier alpha value is -4.15. The molecule has 4 rings (SSSR count). The molecule has 4 aromatic carbocycles. The van der Waals surface area contributed by atoms with Gasteiger partial charge in [0.1, 0.15) is 24.1 Å². The average molecular weight is 531 g/mol. The van der Waals surface area contributed by atoms with Crippen molar-refractivity contribution in [1.29, 1.82) is 5.26 Å². The van der Waals surface area contributed by atoms with Crippen molar-refractivity contribution < 1.29 is 18.7 Å². The molecule has 0 radical (unpaired) electrons. The number of nitrogens with zero attached hydrogens (tertiary/aromatic N) is 1. The van der Waals surface area contributed by atoms with Gasteiger partial charge in [-0.25, -0.2) is 4.39 Å².